The van der Waals surface area contributed by atoms with Gasteiger partial charge in [-0.15, -0.1) is 11.3 Å². The molecule has 1 rings (SSSR count). The molecule has 3 heteroatoms. The highest BCUT2D eigenvalue weighted by Crippen LogP contribution is 2.15. The molecule has 0 aliphatic rings. The van der Waals surface area contributed by atoms with Gasteiger partial charge in [-0.1, -0.05) is 0 Å². The number of carbonyl (C=O) groups excluding carboxylic acids is 1. The molecule has 0 saturated carbocycles. The van der Waals surface area contributed by atoms with Crippen molar-refractivity contribution >= 4 is 23.7 Å². The zero-order valence-electron chi connectivity index (χ0n) is 5.08. The number of aldehydes is 1. The van der Waals surface area contributed by atoms with Crippen molar-refractivity contribution in [1.82, 2.24) is 0 Å². The lowest BCUT2D eigenvalue weighted by molar-refractivity contribution is 0.112. The standard InChI is InChI=1S/C7H5FOS/c8-3-1-6-2-4-10-7(6)5-9/h1-5H. The Morgan fingerprint density at radius 1 is 1.60 bits per heavy atom. The third kappa shape index (κ3) is 1.30. The van der Waals surface area contributed by atoms with Crippen molar-refractivity contribution in [3.63, 3.8) is 0 Å². The lowest BCUT2D eigenvalue weighted by atomic mass is 10.3. The van der Waals surface area contributed by atoms with Crippen molar-refractivity contribution in [2.45, 2.75) is 0 Å². The van der Waals surface area contributed by atoms with Crippen LogP contribution in [0.3, 0.4) is 0 Å². The predicted octanol–water partition coefficient (Wildman–Crippen LogP) is 2.50. The molecule has 0 aliphatic carbocycles. The molecule has 52 valence electrons. The van der Waals surface area contributed by atoms with E-state index in [1.807, 2.05) is 0 Å². The molecule has 0 aliphatic heterocycles. The Kier molecular flexibility index (Phi) is 2.34. The highest BCUT2D eigenvalue weighted by atomic mass is 32.1. The van der Waals surface area contributed by atoms with E-state index >= 15 is 0 Å². The molecular formula is C7H5FOS. The molecule has 0 aromatic carbocycles. The Balaban J connectivity index is 3.00. The molecule has 0 unspecified atom stereocenters. The molecule has 1 nitrogen and oxygen atoms in total. The molecular weight excluding hydrogens is 151 g/mol. The van der Waals surface area contributed by atoms with Gasteiger partial charge in [0.15, 0.2) is 6.29 Å². The van der Waals surface area contributed by atoms with Gasteiger partial charge in [0.05, 0.1) is 11.2 Å². The summed E-state index contributed by atoms with van der Waals surface area (Å²) in [5.74, 6) is 0. The molecule has 0 fully saturated rings. The van der Waals surface area contributed by atoms with Crippen LogP contribution in [0.5, 0.6) is 0 Å². The van der Waals surface area contributed by atoms with Crippen LogP contribution in [0.4, 0.5) is 4.39 Å². The first kappa shape index (κ1) is 7.15. The molecule has 1 aromatic rings. The van der Waals surface area contributed by atoms with Crippen LogP contribution in [0.25, 0.3) is 6.08 Å². The summed E-state index contributed by atoms with van der Waals surface area (Å²) < 4.78 is 11.6. The van der Waals surface area contributed by atoms with E-state index in [9.17, 15) is 9.18 Å². The van der Waals surface area contributed by atoms with Crippen LogP contribution in [-0.2, 0) is 0 Å². The molecule has 0 atom stereocenters. The van der Waals surface area contributed by atoms with E-state index in [-0.39, 0.29) is 0 Å². The minimum absolute atomic E-state index is 0.426. The second kappa shape index (κ2) is 3.27. The van der Waals surface area contributed by atoms with Crippen LogP contribution in [0.1, 0.15) is 15.2 Å². The number of hydrogen-bond donors (Lipinski definition) is 0. The first-order valence-electron chi connectivity index (χ1n) is 2.68. The maximum atomic E-state index is 11.6. The zero-order valence-corrected chi connectivity index (χ0v) is 5.90. The monoisotopic (exact) mass is 156 g/mol. The van der Waals surface area contributed by atoms with E-state index in [2.05, 4.69) is 0 Å². The second-order valence-corrected chi connectivity index (χ2v) is 2.60. The number of hydrogen-bond acceptors (Lipinski definition) is 2. The average molecular weight is 156 g/mol. The fourth-order valence-electron chi connectivity index (χ4n) is 0.632. The third-order valence-electron chi connectivity index (χ3n) is 1.08. The van der Waals surface area contributed by atoms with Gasteiger partial charge in [0.1, 0.15) is 0 Å². The maximum absolute atomic E-state index is 11.6. The number of halogens is 1. The molecule has 0 N–H and O–H groups in total. The van der Waals surface area contributed by atoms with Crippen molar-refractivity contribution in [2.75, 3.05) is 0 Å². The smallest absolute Gasteiger partial charge is 0.160 e. The van der Waals surface area contributed by atoms with E-state index < -0.39 is 0 Å². The topological polar surface area (TPSA) is 17.1 Å². The van der Waals surface area contributed by atoms with Crippen molar-refractivity contribution in [1.29, 1.82) is 0 Å². The Hall–Kier alpha value is -0.960. The van der Waals surface area contributed by atoms with Gasteiger partial charge in [0.25, 0.3) is 0 Å². The van der Waals surface area contributed by atoms with Crippen LogP contribution in [0, 0.1) is 0 Å². The summed E-state index contributed by atoms with van der Waals surface area (Å²) in [6.45, 7) is 0. The van der Waals surface area contributed by atoms with Crippen molar-refractivity contribution in [2.24, 2.45) is 0 Å². The van der Waals surface area contributed by atoms with Crippen LogP contribution in [-0.4, -0.2) is 6.29 Å². The minimum atomic E-state index is 0.426. The van der Waals surface area contributed by atoms with E-state index in [1.165, 1.54) is 17.4 Å². The van der Waals surface area contributed by atoms with E-state index in [0.717, 1.165) is 6.29 Å². The lowest BCUT2D eigenvalue weighted by Crippen LogP contribution is -1.73. The lowest BCUT2D eigenvalue weighted by Gasteiger charge is -1.82. The quantitative estimate of drug-likeness (QED) is 0.601. The summed E-state index contributed by atoms with van der Waals surface area (Å²) >= 11 is 1.30. The van der Waals surface area contributed by atoms with E-state index in [4.69, 9.17) is 0 Å². The Morgan fingerprint density at radius 3 is 3.00 bits per heavy atom. The summed E-state index contributed by atoms with van der Waals surface area (Å²) in [6.07, 6.45) is 2.41. The molecule has 0 saturated heterocycles. The fourth-order valence-corrected chi connectivity index (χ4v) is 1.32. The van der Waals surface area contributed by atoms with Gasteiger partial charge < -0.3 is 0 Å². The van der Waals surface area contributed by atoms with Crippen LogP contribution in [0.2, 0.25) is 0 Å². The summed E-state index contributed by atoms with van der Waals surface area (Å²) in [4.78, 5) is 10.8. The Bertz CT molecular complexity index is 252. The van der Waals surface area contributed by atoms with Gasteiger partial charge >= 0.3 is 0 Å². The number of thiophene rings is 1. The number of carbonyl (C=O) groups is 1. The molecule has 0 bridgehead atoms. The number of rotatable bonds is 2. The van der Waals surface area contributed by atoms with Gasteiger partial charge in [-0.25, -0.2) is 4.39 Å². The van der Waals surface area contributed by atoms with Gasteiger partial charge in [-0.05, 0) is 23.1 Å². The first-order chi connectivity index (χ1) is 4.88. The van der Waals surface area contributed by atoms with Crippen molar-refractivity contribution in [3.8, 4) is 0 Å². The molecule has 0 amide bonds. The second-order valence-electron chi connectivity index (χ2n) is 1.65. The molecule has 0 radical (unpaired) electrons. The highest BCUT2D eigenvalue weighted by molar-refractivity contribution is 7.11. The Morgan fingerprint density at radius 2 is 2.40 bits per heavy atom. The van der Waals surface area contributed by atoms with Crippen LogP contribution >= 0.6 is 11.3 Å². The van der Waals surface area contributed by atoms with Crippen molar-refractivity contribution in [3.05, 3.63) is 28.2 Å². The van der Waals surface area contributed by atoms with Crippen LogP contribution in [0.15, 0.2) is 17.8 Å². The fraction of sp³-hybridized carbons (Fsp3) is 0. The average Bonchev–Trinajstić information content (AvgIpc) is 2.36. The Labute approximate surface area is 61.8 Å². The molecule has 1 heterocycles. The summed E-state index contributed by atoms with van der Waals surface area (Å²) in [5.41, 5.74) is 0.641. The predicted molar refractivity (Wildman–Crippen MR) is 39.8 cm³/mol. The minimum Gasteiger partial charge on any atom is -0.297 e. The molecule has 1 aromatic heterocycles. The highest BCUT2D eigenvalue weighted by Gasteiger charge is 1.97. The summed E-state index contributed by atoms with van der Waals surface area (Å²) in [5, 5.41) is 1.75. The largest absolute Gasteiger partial charge is 0.297 e. The normalized spacial score (nSPS) is 10.5. The molecule has 10 heavy (non-hydrogen) atoms. The van der Waals surface area contributed by atoms with Gasteiger partial charge in [0, 0.05) is 0 Å². The summed E-state index contributed by atoms with van der Waals surface area (Å²) in [6, 6.07) is 1.70. The first-order valence-corrected chi connectivity index (χ1v) is 3.56. The van der Waals surface area contributed by atoms with Crippen LogP contribution < -0.4 is 0 Å². The van der Waals surface area contributed by atoms with Crippen molar-refractivity contribution < 1.29 is 9.18 Å². The van der Waals surface area contributed by atoms with Gasteiger partial charge in [0.2, 0.25) is 0 Å². The SMILES string of the molecule is O=Cc1sccc1C=CF. The maximum Gasteiger partial charge on any atom is 0.160 e. The van der Waals surface area contributed by atoms with Gasteiger partial charge in [-0.3, -0.25) is 4.79 Å². The molecule has 0 spiro atoms. The summed E-state index contributed by atoms with van der Waals surface area (Å²) in [7, 11) is 0. The third-order valence-corrected chi connectivity index (χ3v) is 1.93. The van der Waals surface area contributed by atoms with E-state index in [0.29, 0.717) is 16.8 Å². The van der Waals surface area contributed by atoms with Gasteiger partial charge in [-0.2, -0.15) is 0 Å². The van der Waals surface area contributed by atoms with E-state index in [1.54, 1.807) is 11.4 Å². The zero-order chi connectivity index (χ0) is 7.40.